The third kappa shape index (κ3) is 5.73. The number of aromatic nitrogens is 1. The van der Waals surface area contributed by atoms with E-state index >= 15 is 0 Å². The molecule has 11 nitrogen and oxygen atoms in total. The van der Waals surface area contributed by atoms with Crippen LogP contribution in [0.2, 0.25) is 0 Å². The summed E-state index contributed by atoms with van der Waals surface area (Å²) in [7, 11) is 1.33. The summed E-state index contributed by atoms with van der Waals surface area (Å²) in [4.78, 5) is 24.2. The van der Waals surface area contributed by atoms with Crippen LogP contribution in [0.5, 0.6) is 17.2 Å². The van der Waals surface area contributed by atoms with Crippen molar-refractivity contribution >= 4 is 23.4 Å². The molecule has 176 valence electrons. The average molecular weight is 477 g/mol. The van der Waals surface area contributed by atoms with Crippen molar-refractivity contribution in [2.45, 2.75) is 6.18 Å². The summed E-state index contributed by atoms with van der Waals surface area (Å²) in [5.41, 5.74) is 1.01. The van der Waals surface area contributed by atoms with E-state index in [0.717, 1.165) is 30.3 Å². The highest BCUT2D eigenvalue weighted by molar-refractivity contribution is 5.81. The minimum Gasteiger partial charge on any atom is -0.493 e. The summed E-state index contributed by atoms with van der Waals surface area (Å²) in [5, 5.41) is 26.0. The summed E-state index contributed by atoms with van der Waals surface area (Å²) in [6.45, 7) is 0. The van der Waals surface area contributed by atoms with E-state index in [0.29, 0.717) is 11.8 Å². The van der Waals surface area contributed by atoms with E-state index in [1.54, 1.807) is 0 Å². The highest BCUT2D eigenvalue weighted by atomic mass is 19.4. The molecule has 0 spiro atoms. The third-order valence-corrected chi connectivity index (χ3v) is 4.24. The van der Waals surface area contributed by atoms with Crippen molar-refractivity contribution in [3.8, 4) is 17.2 Å². The fourth-order valence-corrected chi connectivity index (χ4v) is 2.62. The predicted molar refractivity (Wildman–Crippen MR) is 113 cm³/mol. The van der Waals surface area contributed by atoms with Gasteiger partial charge >= 0.3 is 11.9 Å². The molecule has 0 saturated carbocycles. The van der Waals surface area contributed by atoms with E-state index in [2.05, 4.69) is 15.5 Å². The first-order chi connectivity index (χ1) is 16.1. The number of benzene rings is 2. The molecule has 0 aliphatic heterocycles. The molecular weight excluding hydrogens is 463 g/mol. The second kappa shape index (κ2) is 9.81. The molecule has 0 fully saturated rings. The SMILES string of the molecule is COc1cc(/C=N\Nc2ccc(C(F)(F)F)cn2)ccc1Oc1ccc([N+](=O)[O-])cc1[N+](=O)[O-]. The van der Waals surface area contributed by atoms with Gasteiger partial charge in [0, 0.05) is 12.3 Å². The van der Waals surface area contributed by atoms with Gasteiger partial charge in [0.15, 0.2) is 11.5 Å². The van der Waals surface area contributed by atoms with Crippen LogP contribution in [0, 0.1) is 20.2 Å². The van der Waals surface area contributed by atoms with Gasteiger partial charge in [0.05, 0.1) is 34.8 Å². The fourth-order valence-electron chi connectivity index (χ4n) is 2.62. The molecule has 0 radical (unpaired) electrons. The molecule has 14 heteroatoms. The number of methoxy groups -OCH3 is 1. The lowest BCUT2D eigenvalue weighted by atomic mass is 10.2. The fraction of sp³-hybridized carbons (Fsp3) is 0.100. The maximum absolute atomic E-state index is 12.6. The maximum Gasteiger partial charge on any atom is 0.417 e. The van der Waals surface area contributed by atoms with Crippen LogP contribution in [0.4, 0.5) is 30.4 Å². The first-order valence-corrected chi connectivity index (χ1v) is 9.19. The van der Waals surface area contributed by atoms with Gasteiger partial charge in [0.1, 0.15) is 5.82 Å². The molecule has 1 heterocycles. The Balaban J connectivity index is 1.76. The van der Waals surface area contributed by atoms with E-state index in [9.17, 15) is 33.4 Å². The quantitative estimate of drug-likeness (QED) is 0.266. The second-order valence-electron chi connectivity index (χ2n) is 6.48. The molecule has 0 aliphatic rings. The number of rotatable bonds is 8. The van der Waals surface area contributed by atoms with Crippen LogP contribution in [0.3, 0.4) is 0 Å². The van der Waals surface area contributed by atoms with Crippen molar-refractivity contribution in [1.82, 2.24) is 4.98 Å². The molecule has 0 bridgehead atoms. The van der Waals surface area contributed by atoms with E-state index in [4.69, 9.17) is 9.47 Å². The van der Waals surface area contributed by atoms with Crippen LogP contribution in [-0.2, 0) is 6.18 Å². The van der Waals surface area contributed by atoms with Crippen LogP contribution in [-0.4, -0.2) is 28.2 Å². The summed E-state index contributed by atoms with van der Waals surface area (Å²) >= 11 is 0. The Morgan fingerprint density at radius 3 is 2.32 bits per heavy atom. The molecule has 0 unspecified atom stereocenters. The number of anilines is 1. The monoisotopic (exact) mass is 477 g/mol. The Bertz CT molecular complexity index is 1250. The topological polar surface area (TPSA) is 142 Å². The molecule has 3 aromatic rings. The van der Waals surface area contributed by atoms with Gasteiger partial charge in [0.25, 0.3) is 5.69 Å². The molecule has 3 rings (SSSR count). The molecule has 2 aromatic carbocycles. The summed E-state index contributed by atoms with van der Waals surface area (Å²) < 4.78 is 48.5. The lowest BCUT2D eigenvalue weighted by Gasteiger charge is -2.11. The van der Waals surface area contributed by atoms with Gasteiger partial charge in [-0.1, -0.05) is 0 Å². The molecule has 0 atom stereocenters. The lowest BCUT2D eigenvalue weighted by Crippen LogP contribution is -2.05. The number of halogens is 3. The number of pyridine rings is 1. The molecule has 1 N–H and O–H groups in total. The van der Waals surface area contributed by atoms with Crippen molar-refractivity contribution in [1.29, 1.82) is 0 Å². The van der Waals surface area contributed by atoms with Gasteiger partial charge < -0.3 is 9.47 Å². The van der Waals surface area contributed by atoms with Crippen molar-refractivity contribution in [3.05, 3.63) is 86.1 Å². The van der Waals surface area contributed by atoms with Gasteiger partial charge in [-0.05, 0) is 42.0 Å². The zero-order chi connectivity index (χ0) is 24.9. The Hall–Kier alpha value is -4.75. The zero-order valence-corrected chi connectivity index (χ0v) is 17.1. The third-order valence-electron chi connectivity index (χ3n) is 4.24. The van der Waals surface area contributed by atoms with E-state index in [-0.39, 0.29) is 23.1 Å². The number of nitro benzene ring substituents is 2. The standard InChI is InChI=1S/C20H14F3N5O6/c1-33-18-8-12(10-25-26-19-7-3-13(11-24-19)20(21,22)23)2-5-17(18)34-16-6-4-14(27(29)30)9-15(16)28(31)32/h2-11H,1H3,(H,24,26)/b25-10-. The lowest BCUT2D eigenvalue weighted by molar-refractivity contribution is -0.394. The number of alkyl halides is 3. The van der Waals surface area contributed by atoms with Crippen LogP contribution < -0.4 is 14.9 Å². The minimum atomic E-state index is -4.50. The number of hydrogen-bond donors (Lipinski definition) is 1. The number of nitro groups is 2. The summed E-state index contributed by atoms with van der Waals surface area (Å²) in [6.07, 6.45) is -2.49. The molecule has 0 amide bonds. The predicted octanol–water partition coefficient (Wildman–Crippen LogP) is 5.16. The van der Waals surface area contributed by atoms with Gasteiger partial charge in [-0.2, -0.15) is 18.3 Å². The molecule has 1 aromatic heterocycles. The summed E-state index contributed by atoms with van der Waals surface area (Å²) in [6, 6.07) is 9.37. The molecular formula is C20H14F3N5O6. The Morgan fingerprint density at radius 2 is 1.74 bits per heavy atom. The molecule has 34 heavy (non-hydrogen) atoms. The highest BCUT2D eigenvalue weighted by Crippen LogP contribution is 2.38. The van der Waals surface area contributed by atoms with Gasteiger partial charge in [-0.25, -0.2) is 4.98 Å². The number of non-ortho nitro benzene ring substituents is 1. The Kier molecular flexibility index (Phi) is 6.89. The highest BCUT2D eigenvalue weighted by Gasteiger charge is 2.30. The van der Waals surface area contributed by atoms with Crippen molar-refractivity contribution in [2.75, 3.05) is 12.5 Å². The van der Waals surface area contributed by atoms with Gasteiger partial charge in [-0.3, -0.25) is 25.7 Å². The minimum absolute atomic E-state index is 0.0849. The number of hydrazone groups is 1. The number of hydrogen-bond acceptors (Lipinski definition) is 9. The largest absolute Gasteiger partial charge is 0.493 e. The molecule has 0 saturated heterocycles. The van der Waals surface area contributed by atoms with Crippen LogP contribution in [0.1, 0.15) is 11.1 Å². The smallest absolute Gasteiger partial charge is 0.417 e. The zero-order valence-electron chi connectivity index (χ0n) is 17.1. The average Bonchev–Trinajstić information content (AvgIpc) is 2.79. The van der Waals surface area contributed by atoms with Crippen molar-refractivity contribution in [2.24, 2.45) is 5.10 Å². The van der Waals surface area contributed by atoms with Crippen molar-refractivity contribution < 1.29 is 32.5 Å². The van der Waals surface area contributed by atoms with Gasteiger partial charge in [-0.15, -0.1) is 0 Å². The Labute approximate surface area is 188 Å². The normalized spacial score (nSPS) is 11.3. The second-order valence-corrected chi connectivity index (χ2v) is 6.48. The van der Waals surface area contributed by atoms with Crippen molar-refractivity contribution in [3.63, 3.8) is 0 Å². The first-order valence-electron chi connectivity index (χ1n) is 9.19. The first kappa shape index (κ1) is 23.9. The maximum atomic E-state index is 12.6. The van der Waals surface area contributed by atoms with E-state index < -0.39 is 33.0 Å². The van der Waals surface area contributed by atoms with Gasteiger partial charge in [0.2, 0.25) is 5.75 Å². The van der Waals surface area contributed by atoms with E-state index in [1.807, 2.05) is 0 Å². The van der Waals surface area contributed by atoms with Crippen LogP contribution in [0.15, 0.2) is 59.8 Å². The number of nitrogens with one attached hydrogen (secondary N) is 1. The van der Waals surface area contributed by atoms with E-state index in [1.165, 1.54) is 31.5 Å². The summed E-state index contributed by atoms with van der Waals surface area (Å²) in [5.74, 6) is 0.116. The number of ether oxygens (including phenoxy) is 2. The molecule has 0 aliphatic carbocycles. The van der Waals surface area contributed by atoms with Crippen LogP contribution >= 0.6 is 0 Å². The van der Waals surface area contributed by atoms with Crippen LogP contribution in [0.25, 0.3) is 0 Å². The Morgan fingerprint density at radius 1 is 1.00 bits per heavy atom. The number of nitrogens with zero attached hydrogens (tertiary/aromatic N) is 4.